The number of aliphatic hydroxyl groups is 1. The van der Waals surface area contributed by atoms with Gasteiger partial charge in [-0.15, -0.1) is 23.1 Å². The Labute approximate surface area is 161 Å². The summed E-state index contributed by atoms with van der Waals surface area (Å²) >= 11 is 3.39. The molecule has 0 amide bonds. The number of fused-ring (bicyclic) bond motifs is 3. The number of hydrogen-bond acceptors (Lipinski definition) is 6. The zero-order valence-electron chi connectivity index (χ0n) is 15.0. The van der Waals surface area contributed by atoms with E-state index in [1.807, 2.05) is 32.0 Å². The van der Waals surface area contributed by atoms with Gasteiger partial charge in [0.25, 0.3) is 0 Å². The first-order valence-electron chi connectivity index (χ1n) is 8.88. The van der Waals surface area contributed by atoms with E-state index in [2.05, 4.69) is 9.97 Å². The van der Waals surface area contributed by atoms with Crippen LogP contribution in [-0.4, -0.2) is 33.5 Å². The molecule has 4 rings (SSSR count). The molecular formula is C20H22N2O2S2. The minimum Gasteiger partial charge on any atom is -0.490 e. The summed E-state index contributed by atoms with van der Waals surface area (Å²) in [6, 6.07) is 6.07. The molecule has 0 saturated carbocycles. The lowest BCUT2D eigenvalue weighted by Gasteiger charge is -2.15. The summed E-state index contributed by atoms with van der Waals surface area (Å²) in [7, 11) is 0. The monoisotopic (exact) mass is 386 g/mol. The second-order valence-corrected chi connectivity index (χ2v) is 8.81. The molecule has 4 nitrogen and oxygen atoms in total. The van der Waals surface area contributed by atoms with Crippen LogP contribution >= 0.6 is 23.1 Å². The molecule has 0 unspecified atom stereocenters. The van der Waals surface area contributed by atoms with Crippen LogP contribution in [0.15, 0.2) is 29.6 Å². The van der Waals surface area contributed by atoms with Crippen LogP contribution in [0.1, 0.15) is 28.0 Å². The standard InChI is InChI=1S/C20H22N2O2S2/c1-12-5-3-6-13(2)18(12)24-9-14(23)10-25-19-17-15-7-4-8-16(15)26-20(17)22-11-21-19/h3,5-6,11,14,23H,4,7-10H2,1-2H3/t14-/m1/s1. The molecular weight excluding hydrogens is 364 g/mol. The first kappa shape index (κ1) is 17.8. The molecule has 2 aromatic heterocycles. The van der Waals surface area contributed by atoms with Crippen LogP contribution in [0.4, 0.5) is 0 Å². The van der Waals surface area contributed by atoms with Crippen molar-refractivity contribution in [3.63, 3.8) is 0 Å². The Kier molecular flexibility index (Phi) is 5.16. The molecule has 0 spiro atoms. The quantitative estimate of drug-likeness (QED) is 0.505. The molecule has 0 saturated heterocycles. The van der Waals surface area contributed by atoms with Crippen molar-refractivity contribution in [3.05, 3.63) is 46.1 Å². The number of benzene rings is 1. The molecule has 0 fully saturated rings. The van der Waals surface area contributed by atoms with Gasteiger partial charge in [-0.2, -0.15) is 0 Å². The van der Waals surface area contributed by atoms with E-state index in [0.717, 1.165) is 39.6 Å². The first-order valence-corrected chi connectivity index (χ1v) is 10.7. The van der Waals surface area contributed by atoms with Gasteiger partial charge in [0.2, 0.25) is 0 Å². The molecule has 1 aliphatic rings. The molecule has 1 atom stereocenters. The molecule has 1 N–H and O–H groups in total. The Balaban J connectivity index is 1.42. The van der Waals surface area contributed by atoms with Crippen LogP contribution in [-0.2, 0) is 12.8 Å². The topological polar surface area (TPSA) is 55.2 Å². The van der Waals surface area contributed by atoms with Crippen LogP contribution in [0, 0.1) is 13.8 Å². The fourth-order valence-corrected chi connectivity index (χ4v) is 5.66. The molecule has 0 bridgehead atoms. The maximum atomic E-state index is 10.4. The number of aryl methyl sites for hydroxylation is 4. The van der Waals surface area contributed by atoms with Gasteiger partial charge in [-0.3, -0.25) is 0 Å². The van der Waals surface area contributed by atoms with Crippen molar-refractivity contribution < 1.29 is 9.84 Å². The number of ether oxygens (including phenoxy) is 1. The highest BCUT2D eigenvalue weighted by Crippen LogP contribution is 2.40. The van der Waals surface area contributed by atoms with Crippen molar-refractivity contribution in [1.82, 2.24) is 9.97 Å². The molecule has 0 aliphatic heterocycles. The first-order chi connectivity index (χ1) is 12.6. The van der Waals surface area contributed by atoms with E-state index in [9.17, 15) is 5.11 Å². The predicted octanol–water partition coefficient (Wildman–Crippen LogP) is 4.33. The second kappa shape index (κ2) is 7.55. The number of hydrogen-bond donors (Lipinski definition) is 1. The third kappa shape index (κ3) is 3.46. The SMILES string of the molecule is Cc1cccc(C)c1OC[C@@H](O)CSc1ncnc2sc3c(c12)CCC3. The van der Waals surface area contributed by atoms with E-state index < -0.39 is 6.10 Å². The zero-order chi connectivity index (χ0) is 18.1. The highest BCUT2D eigenvalue weighted by molar-refractivity contribution is 7.99. The highest BCUT2D eigenvalue weighted by atomic mass is 32.2. The lowest BCUT2D eigenvalue weighted by Crippen LogP contribution is -2.20. The Morgan fingerprint density at radius 1 is 1.23 bits per heavy atom. The zero-order valence-corrected chi connectivity index (χ0v) is 16.6. The average molecular weight is 387 g/mol. The maximum Gasteiger partial charge on any atom is 0.128 e. The van der Waals surface area contributed by atoms with E-state index in [0.29, 0.717) is 5.75 Å². The van der Waals surface area contributed by atoms with Crippen molar-refractivity contribution in [2.75, 3.05) is 12.4 Å². The number of rotatable bonds is 6. The van der Waals surface area contributed by atoms with Crippen LogP contribution in [0.5, 0.6) is 5.75 Å². The van der Waals surface area contributed by atoms with E-state index in [1.54, 1.807) is 29.4 Å². The molecule has 6 heteroatoms. The van der Waals surface area contributed by atoms with Crippen molar-refractivity contribution >= 4 is 33.3 Å². The average Bonchev–Trinajstić information content (AvgIpc) is 3.20. The van der Waals surface area contributed by atoms with Gasteiger partial charge >= 0.3 is 0 Å². The number of nitrogens with zero attached hydrogens (tertiary/aromatic N) is 2. The smallest absolute Gasteiger partial charge is 0.128 e. The molecule has 0 radical (unpaired) electrons. The molecule has 1 aromatic carbocycles. The van der Waals surface area contributed by atoms with E-state index in [-0.39, 0.29) is 6.61 Å². The van der Waals surface area contributed by atoms with Crippen LogP contribution in [0.3, 0.4) is 0 Å². The van der Waals surface area contributed by atoms with Gasteiger partial charge < -0.3 is 9.84 Å². The van der Waals surface area contributed by atoms with Gasteiger partial charge in [-0.25, -0.2) is 9.97 Å². The normalized spacial score (nSPS) is 14.6. The summed E-state index contributed by atoms with van der Waals surface area (Å²) in [5.74, 6) is 1.43. The molecule has 1 aliphatic carbocycles. The van der Waals surface area contributed by atoms with Gasteiger partial charge in [-0.05, 0) is 49.8 Å². The fraction of sp³-hybridized carbons (Fsp3) is 0.400. The largest absolute Gasteiger partial charge is 0.490 e. The van der Waals surface area contributed by atoms with Gasteiger partial charge in [0.1, 0.15) is 28.5 Å². The minimum atomic E-state index is -0.546. The van der Waals surface area contributed by atoms with Crippen molar-refractivity contribution in [2.45, 2.75) is 44.2 Å². The lowest BCUT2D eigenvalue weighted by atomic mass is 10.1. The Bertz CT molecular complexity index is 919. The summed E-state index contributed by atoms with van der Waals surface area (Å²) in [5, 5.41) is 12.6. The minimum absolute atomic E-state index is 0.286. The Hall–Kier alpha value is -1.63. The van der Waals surface area contributed by atoms with Crippen LogP contribution in [0.25, 0.3) is 10.2 Å². The van der Waals surface area contributed by atoms with Gasteiger partial charge in [0, 0.05) is 16.0 Å². The predicted molar refractivity (Wildman–Crippen MR) is 108 cm³/mol. The lowest BCUT2D eigenvalue weighted by molar-refractivity contribution is 0.125. The second-order valence-electron chi connectivity index (χ2n) is 6.71. The number of thiophene rings is 1. The summed E-state index contributed by atoms with van der Waals surface area (Å²) in [5.41, 5.74) is 3.61. The maximum absolute atomic E-state index is 10.4. The number of para-hydroxylation sites is 1. The van der Waals surface area contributed by atoms with E-state index in [4.69, 9.17) is 4.74 Å². The molecule has 136 valence electrons. The fourth-order valence-electron chi connectivity index (χ4n) is 3.44. The summed E-state index contributed by atoms with van der Waals surface area (Å²) in [6.45, 7) is 4.34. The number of thioether (sulfide) groups is 1. The van der Waals surface area contributed by atoms with E-state index >= 15 is 0 Å². The summed E-state index contributed by atoms with van der Waals surface area (Å²) < 4.78 is 5.87. The van der Waals surface area contributed by atoms with Crippen LogP contribution < -0.4 is 4.74 Å². The van der Waals surface area contributed by atoms with Crippen molar-refractivity contribution in [2.24, 2.45) is 0 Å². The van der Waals surface area contributed by atoms with Crippen molar-refractivity contribution in [1.29, 1.82) is 0 Å². The third-order valence-corrected chi connectivity index (χ3v) is 7.04. The van der Waals surface area contributed by atoms with Gasteiger partial charge in [0.15, 0.2) is 0 Å². The Morgan fingerprint density at radius 2 is 2.04 bits per heavy atom. The summed E-state index contributed by atoms with van der Waals surface area (Å²) in [4.78, 5) is 11.5. The molecule has 26 heavy (non-hydrogen) atoms. The van der Waals surface area contributed by atoms with Gasteiger partial charge in [-0.1, -0.05) is 18.2 Å². The number of aliphatic hydroxyl groups excluding tert-OH is 1. The summed E-state index contributed by atoms with van der Waals surface area (Å²) in [6.07, 6.45) is 4.59. The number of aromatic nitrogens is 2. The van der Waals surface area contributed by atoms with Crippen LogP contribution in [0.2, 0.25) is 0 Å². The van der Waals surface area contributed by atoms with Gasteiger partial charge in [0.05, 0.1) is 6.10 Å². The Morgan fingerprint density at radius 3 is 2.85 bits per heavy atom. The van der Waals surface area contributed by atoms with Crippen molar-refractivity contribution in [3.8, 4) is 5.75 Å². The van der Waals surface area contributed by atoms with E-state index in [1.165, 1.54) is 22.2 Å². The third-order valence-electron chi connectivity index (χ3n) is 4.71. The molecule has 3 aromatic rings. The molecule has 2 heterocycles. The highest BCUT2D eigenvalue weighted by Gasteiger charge is 2.21.